The molecule has 3 aliphatic rings. The van der Waals surface area contributed by atoms with Gasteiger partial charge in [0.05, 0.1) is 23.4 Å². The fourth-order valence-electron chi connectivity index (χ4n) is 5.16. The Morgan fingerprint density at radius 1 is 0.943 bits per heavy atom. The van der Waals surface area contributed by atoms with E-state index in [0.717, 1.165) is 58.2 Å². The average Bonchev–Trinajstić information content (AvgIpc) is 3.39. The Kier molecular flexibility index (Phi) is 5.10. The predicted octanol–water partition coefficient (Wildman–Crippen LogP) is 2.66. The van der Waals surface area contributed by atoms with Crippen molar-refractivity contribution in [3.63, 3.8) is 0 Å². The summed E-state index contributed by atoms with van der Waals surface area (Å²) in [6.45, 7) is 2.40. The van der Waals surface area contributed by atoms with Gasteiger partial charge in [-0.1, -0.05) is 23.4 Å². The lowest BCUT2D eigenvalue weighted by molar-refractivity contribution is -0.122. The molecule has 2 aromatic carbocycles. The number of fused-ring (bicyclic) bond motifs is 2. The number of rotatable bonds is 4. The fraction of sp³-hybridized carbons (Fsp3) is 0.320. The molecule has 2 saturated heterocycles. The van der Waals surface area contributed by atoms with Crippen LogP contribution in [-0.4, -0.2) is 63.5 Å². The summed E-state index contributed by atoms with van der Waals surface area (Å²) in [6.07, 6.45) is 1.94. The summed E-state index contributed by atoms with van der Waals surface area (Å²) in [6, 6.07) is 12.4. The van der Waals surface area contributed by atoms with Crippen LogP contribution in [0.3, 0.4) is 0 Å². The molecule has 1 N–H and O–H groups in total. The Morgan fingerprint density at radius 3 is 2.51 bits per heavy atom. The van der Waals surface area contributed by atoms with Crippen molar-refractivity contribution in [1.82, 2.24) is 25.4 Å². The zero-order valence-corrected chi connectivity index (χ0v) is 18.9. The number of nitrogens with one attached hydrogen (secondary N) is 1. The monoisotopic (exact) mass is 473 g/mol. The first-order valence-electron chi connectivity index (χ1n) is 11.7. The summed E-state index contributed by atoms with van der Waals surface area (Å²) in [4.78, 5) is 51.8. The molecule has 0 radical (unpaired) electrons. The minimum absolute atomic E-state index is 0.0151. The number of likely N-dealkylation sites (tertiary alicyclic amines) is 1. The van der Waals surface area contributed by atoms with Crippen LogP contribution in [0.15, 0.2) is 47.0 Å². The van der Waals surface area contributed by atoms with Crippen LogP contribution in [0.5, 0.6) is 0 Å². The second kappa shape index (κ2) is 8.31. The lowest BCUT2D eigenvalue weighted by Crippen LogP contribution is -2.58. The van der Waals surface area contributed by atoms with Crippen LogP contribution in [0, 0.1) is 0 Å². The molecular formula is C25H23N5O5. The van der Waals surface area contributed by atoms with E-state index in [1.165, 1.54) is 0 Å². The normalized spacial score (nSPS) is 19.5. The number of aromatic nitrogens is 1. The van der Waals surface area contributed by atoms with Gasteiger partial charge in [-0.25, -0.2) is 9.80 Å². The van der Waals surface area contributed by atoms with Crippen LogP contribution in [0.1, 0.15) is 57.2 Å². The van der Waals surface area contributed by atoms with Crippen molar-refractivity contribution in [2.45, 2.75) is 31.7 Å². The molecule has 10 nitrogen and oxygen atoms in total. The summed E-state index contributed by atoms with van der Waals surface area (Å²) >= 11 is 0. The Balaban J connectivity index is 1.13. The van der Waals surface area contributed by atoms with E-state index in [2.05, 4.69) is 15.4 Å². The SMILES string of the molecule is O=C1CCN(N2C(=O)c3ccc(CN4CCC(c5noc6ccccc56)CC4)cc3C2=O)C(=O)N1. The molecule has 0 aliphatic carbocycles. The van der Waals surface area contributed by atoms with Gasteiger partial charge in [0.25, 0.3) is 11.8 Å². The second-order valence-electron chi connectivity index (χ2n) is 9.14. The summed E-state index contributed by atoms with van der Waals surface area (Å²) in [5.74, 6) is -1.19. The average molecular weight is 473 g/mol. The van der Waals surface area contributed by atoms with Gasteiger partial charge in [0, 0.05) is 24.3 Å². The van der Waals surface area contributed by atoms with Crippen LogP contribution >= 0.6 is 0 Å². The molecule has 0 unspecified atom stereocenters. The highest BCUT2D eigenvalue weighted by Gasteiger charge is 2.43. The highest BCUT2D eigenvalue weighted by atomic mass is 16.5. The Labute approximate surface area is 200 Å². The maximum atomic E-state index is 13.0. The van der Waals surface area contributed by atoms with Crippen LogP contribution in [-0.2, 0) is 11.3 Å². The van der Waals surface area contributed by atoms with Gasteiger partial charge in [-0.05, 0) is 55.8 Å². The van der Waals surface area contributed by atoms with Gasteiger partial charge in [-0.15, -0.1) is 0 Å². The number of imide groups is 2. The first kappa shape index (κ1) is 21.5. The quantitative estimate of drug-likeness (QED) is 0.579. The molecule has 178 valence electrons. The molecule has 5 amide bonds. The van der Waals surface area contributed by atoms with Crippen LogP contribution in [0.2, 0.25) is 0 Å². The maximum Gasteiger partial charge on any atom is 0.343 e. The van der Waals surface area contributed by atoms with Crippen LogP contribution in [0.4, 0.5) is 4.79 Å². The number of amides is 5. The van der Waals surface area contributed by atoms with Gasteiger partial charge >= 0.3 is 6.03 Å². The lowest BCUT2D eigenvalue weighted by Gasteiger charge is -2.32. The van der Waals surface area contributed by atoms with Crippen molar-refractivity contribution in [2.24, 2.45) is 0 Å². The van der Waals surface area contributed by atoms with Gasteiger partial charge in [-0.2, -0.15) is 5.01 Å². The van der Waals surface area contributed by atoms with Crippen LogP contribution in [0.25, 0.3) is 11.0 Å². The van der Waals surface area contributed by atoms with Gasteiger partial charge in [-0.3, -0.25) is 24.6 Å². The smallest absolute Gasteiger partial charge is 0.343 e. The van der Waals surface area contributed by atoms with E-state index in [4.69, 9.17) is 4.52 Å². The van der Waals surface area contributed by atoms with E-state index in [9.17, 15) is 19.2 Å². The first-order chi connectivity index (χ1) is 17.0. The summed E-state index contributed by atoms with van der Waals surface area (Å²) in [5, 5.41) is 9.38. The molecule has 0 saturated carbocycles. The molecule has 3 aliphatic heterocycles. The largest absolute Gasteiger partial charge is 0.356 e. The molecule has 1 aromatic heterocycles. The predicted molar refractivity (Wildman–Crippen MR) is 123 cm³/mol. The number of para-hydroxylation sites is 1. The minimum atomic E-state index is -0.765. The van der Waals surface area contributed by atoms with Gasteiger partial charge in [0.15, 0.2) is 5.58 Å². The summed E-state index contributed by atoms with van der Waals surface area (Å²) in [5.41, 5.74) is 3.30. The third kappa shape index (κ3) is 3.66. The Morgan fingerprint density at radius 2 is 1.71 bits per heavy atom. The zero-order valence-electron chi connectivity index (χ0n) is 18.9. The molecule has 6 rings (SSSR count). The number of benzene rings is 2. The van der Waals surface area contributed by atoms with E-state index < -0.39 is 23.8 Å². The fourth-order valence-corrected chi connectivity index (χ4v) is 5.16. The zero-order chi connectivity index (χ0) is 24.1. The van der Waals surface area contributed by atoms with E-state index in [-0.39, 0.29) is 24.1 Å². The van der Waals surface area contributed by atoms with Crippen LogP contribution < -0.4 is 5.32 Å². The molecule has 0 spiro atoms. The third-order valence-electron chi connectivity index (χ3n) is 6.99. The summed E-state index contributed by atoms with van der Waals surface area (Å²) in [7, 11) is 0. The number of nitrogens with zero attached hydrogens (tertiary/aromatic N) is 4. The van der Waals surface area contributed by atoms with Crippen molar-refractivity contribution in [2.75, 3.05) is 19.6 Å². The molecular weight excluding hydrogens is 450 g/mol. The number of hydrogen-bond acceptors (Lipinski definition) is 7. The van der Waals surface area contributed by atoms with Gasteiger partial charge in [0.1, 0.15) is 0 Å². The highest BCUT2D eigenvalue weighted by molar-refractivity contribution is 6.22. The molecule has 4 heterocycles. The Bertz CT molecular complexity index is 1370. The van der Waals surface area contributed by atoms with Crippen molar-refractivity contribution in [3.05, 3.63) is 64.8 Å². The Hall–Kier alpha value is -4.05. The number of carbonyl (C=O) groups is 4. The third-order valence-corrected chi connectivity index (χ3v) is 6.99. The lowest BCUT2D eigenvalue weighted by atomic mass is 9.91. The topological polar surface area (TPSA) is 116 Å². The molecule has 0 atom stereocenters. The van der Waals surface area contributed by atoms with E-state index in [1.54, 1.807) is 12.1 Å². The van der Waals surface area contributed by atoms with E-state index in [1.807, 2.05) is 30.3 Å². The second-order valence-corrected chi connectivity index (χ2v) is 9.14. The molecule has 3 aromatic rings. The minimum Gasteiger partial charge on any atom is -0.356 e. The number of piperidine rings is 1. The number of hydrogen-bond donors (Lipinski definition) is 1. The van der Waals surface area contributed by atoms with Gasteiger partial charge in [0.2, 0.25) is 5.91 Å². The van der Waals surface area contributed by atoms with Crippen molar-refractivity contribution < 1.29 is 23.7 Å². The molecule has 10 heteroatoms. The molecule has 35 heavy (non-hydrogen) atoms. The summed E-state index contributed by atoms with van der Waals surface area (Å²) < 4.78 is 5.48. The number of hydrazine groups is 1. The first-order valence-corrected chi connectivity index (χ1v) is 11.7. The molecule has 0 bridgehead atoms. The van der Waals surface area contributed by atoms with Crippen molar-refractivity contribution in [3.8, 4) is 0 Å². The highest BCUT2D eigenvalue weighted by Crippen LogP contribution is 2.33. The van der Waals surface area contributed by atoms with E-state index in [0.29, 0.717) is 12.5 Å². The van der Waals surface area contributed by atoms with Gasteiger partial charge < -0.3 is 4.52 Å². The van der Waals surface area contributed by atoms with Crippen molar-refractivity contribution in [1.29, 1.82) is 0 Å². The molecule has 2 fully saturated rings. The van der Waals surface area contributed by atoms with Crippen molar-refractivity contribution >= 4 is 34.7 Å². The number of urea groups is 1. The van der Waals surface area contributed by atoms with E-state index >= 15 is 0 Å². The number of carbonyl (C=O) groups excluding carboxylic acids is 4. The maximum absolute atomic E-state index is 13.0. The standard InChI is InChI=1S/C25H23N5O5/c31-21-9-12-29(25(34)26-21)30-23(32)17-6-5-15(13-19(17)24(30)33)14-28-10-7-16(8-11-28)22-18-3-1-2-4-20(18)35-27-22/h1-6,13,16H,7-12,14H2,(H,26,31,34).